The third kappa shape index (κ3) is 5.63. The van der Waals surface area contributed by atoms with Crippen molar-refractivity contribution in [2.24, 2.45) is 4.99 Å². The van der Waals surface area contributed by atoms with Crippen molar-refractivity contribution in [3.63, 3.8) is 0 Å². The molecule has 0 aromatic heterocycles. The average molecular weight is 753 g/mol. The lowest BCUT2D eigenvalue weighted by molar-refractivity contribution is 0.663. The SMILES string of the molecule is CC1(C)c2cc3ccccc3cc2-c2cccc(-c3ccc(C=N/C(=C\C(=N)c4ccccc4)c4ccc5c6ccccc6c6ccccc6c5c4)c4ccccc34)c21. The second kappa shape index (κ2) is 13.6. The third-order valence-corrected chi connectivity index (χ3v) is 12.5. The van der Waals surface area contributed by atoms with E-state index in [9.17, 15) is 5.41 Å². The van der Waals surface area contributed by atoms with Gasteiger partial charge in [0.15, 0.2) is 0 Å². The minimum atomic E-state index is -0.174. The average Bonchev–Trinajstić information content (AvgIpc) is 3.52. The molecule has 0 amide bonds. The molecular weight excluding hydrogens is 713 g/mol. The number of nitrogens with one attached hydrogen (secondary N) is 1. The minimum Gasteiger partial charge on any atom is -0.300 e. The van der Waals surface area contributed by atoms with E-state index in [1.807, 2.05) is 42.6 Å². The van der Waals surface area contributed by atoms with E-state index >= 15 is 0 Å². The standard InChI is InChI=1S/C57H40N2/c1-57(2)53-33-38-18-7-6-17-37(38)31-52(53)50-26-14-25-49(56(50)57)47-30-28-40(41-19-8-9-20-42(41)47)35-59-55(34-54(58)36-15-4-3-5-16-36)39-27-29-48-45-23-11-10-21-43(45)44-22-12-13-24-46(44)51(48)32-39/h3-35,58H,1-2H3/b55-34-,58-54?,59-35?. The van der Waals surface area contributed by atoms with Crippen molar-refractivity contribution in [2.75, 3.05) is 0 Å². The number of nitrogens with zero attached hydrogens (tertiary/aromatic N) is 1. The Morgan fingerprint density at radius 1 is 0.441 bits per heavy atom. The maximum absolute atomic E-state index is 9.18. The maximum Gasteiger partial charge on any atom is 0.0723 e. The molecule has 2 heteroatoms. The number of fused-ring (bicyclic) bond motifs is 11. The fourth-order valence-electron chi connectivity index (χ4n) is 9.70. The van der Waals surface area contributed by atoms with E-state index in [0.717, 1.165) is 27.8 Å². The Morgan fingerprint density at radius 3 is 1.69 bits per heavy atom. The van der Waals surface area contributed by atoms with Crippen molar-refractivity contribution in [1.82, 2.24) is 0 Å². The molecule has 0 spiro atoms. The van der Waals surface area contributed by atoms with Crippen LogP contribution >= 0.6 is 0 Å². The fraction of sp³-hybridized carbons (Fsp3) is 0.0526. The number of rotatable bonds is 6. The molecule has 0 heterocycles. The van der Waals surface area contributed by atoms with Crippen LogP contribution < -0.4 is 0 Å². The van der Waals surface area contributed by atoms with E-state index in [0.29, 0.717) is 5.71 Å². The molecule has 10 aromatic carbocycles. The first-order chi connectivity index (χ1) is 28.9. The van der Waals surface area contributed by atoms with Crippen molar-refractivity contribution >= 4 is 71.5 Å². The van der Waals surface area contributed by atoms with E-state index in [2.05, 4.69) is 172 Å². The van der Waals surface area contributed by atoms with Gasteiger partial charge in [-0.2, -0.15) is 0 Å². The van der Waals surface area contributed by atoms with E-state index in [-0.39, 0.29) is 5.41 Å². The van der Waals surface area contributed by atoms with Crippen molar-refractivity contribution in [3.8, 4) is 22.3 Å². The summed E-state index contributed by atoms with van der Waals surface area (Å²) >= 11 is 0. The molecule has 0 saturated heterocycles. The highest BCUT2D eigenvalue weighted by atomic mass is 14.7. The Balaban J connectivity index is 1.05. The zero-order chi connectivity index (χ0) is 39.7. The molecule has 59 heavy (non-hydrogen) atoms. The lowest BCUT2D eigenvalue weighted by Gasteiger charge is -2.25. The van der Waals surface area contributed by atoms with Gasteiger partial charge in [-0.3, -0.25) is 4.99 Å². The highest BCUT2D eigenvalue weighted by Crippen LogP contribution is 2.53. The van der Waals surface area contributed by atoms with Gasteiger partial charge in [0.1, 0.15) is 0 Å². The van der Waals surface area contributed by atoms with Crippen LogP contribution in [0.5, 0.6) is 0 Å². The summed E-state index contributed by atoms with van der Waals surface area (Å²) in [6.45, 7) is 4.75. The van der Waals surface area contributed by atoms with Crippen LogP contribution in [-0.4, -0.2) is 11.9 Å². The molecule has 10 aromatic rings. The highest BCUT2D eigenvalue weighted by molar-refractivity contribution is 6.26. The van der Waals surface area contributed by atoms with Crippen LogP contribution in [0.3, 0.4) is 0 Å². The van der Waals surface area contributed by atoms with Crippen LogP contribution in [0.4, 0.5) is 0 Å². The largest absolute Gasteiger partial charge is 0.300 e. The first-order valence-corrected chi connectivity index (χ1v) is 20.4. The van der Waals surface area contributed by atoms with E-state index < -0.39 is 0 Å². The topological polar surface area (TPSA) is 36.2 Å². The quantitative estimate of drug-likeness (QED) is 0.130. The van der Waals surface area contributed by atoms with Crippen LogP contribution in [0.25, 0.3) is 81.8 Å². The molecule has 0 unspecified atom stereocenters. The zero-order valence-corrected chi connectivity index (χ0v) is 33.0. The van der Waals surface area contributed by atoms with Crippen LogP contribution in [0.15, 0.2) is 199 Å². The van der Waals surface area contributed by atoms with E-state index in [1.54, 1.807) is 0 Å². The zero-order valence-electron chi connectivity index (χ0n) is 33.0. The van der Waals surface area contributed by atoms with Crippen molar-refractivity contribution < 1.29 is 0 Å². The first-order valence-electron chi connectivity index (χ1n) is 20.4. The molecule has 0 atom stereocenters. The summed E-state index contributed by atoms with van der Waals surface area (Å²) in [7, 11) is 0. The summed E-state index contributed by atoms with van der Waals surface area (Å²) in [5.41, 5.74) is 11.7. The molecule has 278 valence electrons. The van der Waals surface area contributed by atoms with E-state index in [4.69, 9.17) is 4.99 Å². The molecule has 2 nitrogen and oxygen atoms in total. The fourth-order valence-corrected chi connectivity index (χ4v) is 9.70. The molecule has 1 aliphatic carbocycles. The summed E-state index contributed by atoms with van der Waals surface area (Å²) in [4.78, 5) is 5.26. The predicted molar refractivity (Wildman–Crippen MR) is 252 cm³/mol. The Hall–Kier alpha value is -7.42. The molecule has 0 saturated carbocycles. The van der Waals surface area contributed by atoms with Gasteiger partial charge in [-0.15, -0.1) is 0 Å². The maximum atomic E-state index is 9.18. The summed E-state index contributed by atoms with van der Waals surface area (Å²) < 4.78 is 0. The molecule has 1 aliphatic rings. The number of allylic oxidation sites excluding steroid dienone is 1. The van der Waals surface area contributed by atoms with Gasteiger partial charge in [0.05, 0.1) is 11.4 Å². The summed E-state index contributed by atoms with van der Waals surface area (Å²) in [6.07, 6.45) is 3.89. The molecular formula is C57H40N2. The Labute approximate surface area is 344 Å². The number of aliphatic imine (C=N–C) groups is 1. The second-order valence-corrected chi connectivity index (χ2v) is 16.3. The van der Waals surface area contributed by atoms with Gasteiger partial charge in [-0.1, -0.05) is 184 Å². The van der Waals surface area contributed by atoms with Gasteiger partial charge < -0.3 is 5.41 Å². The lowest BCUT2D eigenvalue weighted by atomic mass is 9.78. The summed E-state index contributed by atoms with van der Waals surface area (Å²) in [5.74, 6) is 0. The number of hydrogen-bond acceptors (Lipinski definition) is 2. The van der Waals surface area contributed by atoms with E-state index in [1.165, 1.54) is 81.9 Å². The van der Waals surface area contributed by atoms with Crippen molar-refractivity contribution in [3.05, 3.63) is 222 Å². The molecule has 0 bridgehead atoms. The van der Waals surface area contributed by atoms with Gasteiger partial charge in [-0.05, 0) is 117 Å². The normalized spacial score (nSPS) is 13.5. The minimum absolute atomic E-state index is 0.174. The molecule has 0 fully saturated rings. The van der Waals surface area contributed by atoms with Crippen LogP contribution in [0.2, 0.25) is 0 Å². The van der Waals surface area contributed by atoms with Crippen LogP contribution in [0, 0.1) is 5.41 Å². The predicted octanol–water partition coefficient (Wildman–Crippen LogP) is 15.0. The second-order valence-electron chi connectivity index (χ2n) is 16.3. The first kappa shape index (κ1) is 34.8. The van der Waals surface area contributed by atoms with Gasteiger partial charge in [0.25, 0.3) is 0 Å². The monoisotopic (exact) mass is 752 g/mol. The molecule has 1 N–H and O–H groups in total. The van der Waals surface area contributed by atoms with Gasteiger partial charge in [0, 0.05) is 22.8 Å². The smallest absolute Gasteiger partial charge is 0.0723 e. The van der Waals surface area contributed by atoms with Gasteiger partial charge in [0.2, 0.25) is 0 Å². The van der Waals surface area contributed by atoms with Gasteiger partial charge in [-0.25, -0.2) is 0 Å². The van der Waals surface area contributed by atoms with Crippen molar-refractivity contribution in [2.45, 2.75) is 19.3 Å². The Kier molecular flexibility index (Phi) is 8.03. The van der Waals surface area contributed by atoms with Crippen LogP contribution in [-0.2, 0) is 5.41 Å². The Morgan fingerprint density at radius 2 is 1.00 bits per heavy atom. The highest BCUT2D eigenvalue weighted by Gasteiger charge is 2.38. The summed E-state index contributed by atoms with van der Waals surface area (Å²) in [5, 5.41) is 21.4. The summed E-state index contributed by atoms with van der Waals surface area (Å²) in [6, 6.07) is 67.3. The number of benzene rings is 10. The molecule has 0 aliphatic heterocycles. The van der Waals surface area contributed by atoms with Crippen LogP contribution in [0.1, 0.15) is 41.7 Å². The molecule has 11 rings (SSSR count). The Bertz CT molecular complexity index is 3390. The number of hydrogen-bond donors (Lipinski definition) is 1. The third-order valence-electron chi connectivity index (χ3n) is 12.5. The lowest BCUT2D eigenvalue weighted by Crippen LogP contribution is -2.16. The van der Waals surface area contributed by atoms with Gasteiger partial charge >= 0.3 is 0 Å². The molecule has 0 radical (unpaired) electrons. The van der Waals surface area contributed by atoms with Crippen molar-refractivity contribution in [1.29, 1.82) is 5.41 Å².